The summed E-state index contributed by atoms with van der Waals surface area (Å²) in [6.07, 6.45) is 2.94. The number of amides is 1. The molecule has 21 heavy (non-hydrogen) atoms. The third-order valence-corrected chi connectivity index (χ3v) is 3.35. The van der Waals surface area contributed by atoms with Gasteiger partial charge in [0, 0.05) is 18.4 Å². The van der Waals surface area contributed by atoms with Crippen LogP contribution in [-0.2, 0) is 16.1 Å². The lowest BCUT2D eigenvalue weighted by atomic mass is 10.0. The summed E-state index contributed by atoms with van der Waals surface area (Å²) in [6.45, 7) is 0.318. The topological polar surface area (TPSA) is 96.2 Å². The lowest BCUT2D eigenvalue weighted by Crippen LogP contribution is -2.22. The summed E-state index contributed by atoms with van der Waals surface area (Å²) >= 11 is 0. The molecule has 0 fully saturated rings. The Bertz CT molecular complexity index is 695. The molecule has 3 rings (SSSR count). The van der Waals surface area contributed by atoms with Crippen LogP contribution in [0.4, 0.5) is 11.4 Å². The molecule has 2 aromatic rings. The highest BCUT2D eigenvalue weighted by Crippen LogP contribution is 2.31. The van der Waals surface area contributed by atoms with Gasteiger partial charge < -0.3 is 15.7 Å². The van der Waals surface area contributed by atoms with Crippen LogP contribution in [0.5, 0.6) is 0 Å². The van der Waals surface area contributed by atoms with Crippen molar-refractivity contribution < 1.29 is 14.7 Å². The molecule has 7 heteroatoms. The minimum Gasteiger partial charge on any atom is -0.480 e. The Balaban J connectivity index is 1.70. The molecule has 2 heterocycles. The van der Waals surface area contributed by atoms with Gasteiger partial charge in [-0.3, -0.25) is 14.3 Å². The van der Waals surface area contributed by atoms with E-state index < -0.39 is 5.97 Å². The number of nitrogens with one attached hydrogen (secondary N) is 2. The molecule has 1 aromatic carbocycles. The quantitative estimate of drug-likeness (QED) is 0.782. The molecule has 1 unspecified atom stereocenters. The molecule has 0 bridgehead atoms. The fraction of sp³-hybridized carbons (Fsp3) is 0.214. The minimum atomic E-state index is -0.982. The molecule has 1 aliphatic rings. The number of aliphatic carboxylic acids is 1. The maximum Gasteiger partial charge on any atom is 0.325 e. The van der Waals surface area contributed by atoms with Gasteiger partial charge in [-0.2, -0.15) is 5.10 Å². The smallest absolute Gasteiger partial charge is 0.325 e. The SMILES string of the molecule is O=C(O)Cn1cc(NC(=O)C2CNc3ccccc32)cn1. The van der Waals surface area contributed by atoms with Crippen LogP contribution in [0.1, 0.15) is 11.5 Å². The fourth-order valence-electron chi connectivity index (χ4n) is 2.40. The van der Waals surface area contributed by atoms with Crippen LogP contribution in [0.2, 0.25) is 0 Å². The Morgan fingerprint density at radius 1 is 1.43 bits per heavy atom. The Morgan fingerprint density at radius 2 is 2.24 bits per heavy atom. The first-order valence-corrected chi connectivity index (χ1v) is 6.51. The Labute approximate surface area is 120 Å². The number of anilines is 2. The number of benzene rings is 1. The van der Waals surface area contributed by atoms with Crippen molar-refractivity contribution in [2.45, 2.75) is 12.5 Å². The lowest BCUT2D eigenvalue weighted by Gasteiger charge is -2.09. The van der Waals surface area contributed by atoms with Crippen LogP contribution in [0.25, 0.3) is 0 Å². The highest BCUT2D eigenvalue weighted by Gasteiger charge is 2.28. The predicted molar refractivity (Wildman–Crippen MR) is 76.2 cm³/mol. The first-order chi connectivity index (χ1) is 10.1. The van der Waals surface area contributed by atoms with Crippen LogP contribution in [0.3, 0.4) is 0 Å². The number of carboxylic acid groups (broad SMARTS) is 1. The number of para-hydroxylation sites is 1. The van der Waals surface area contributed by atoms with E-state index >= 15 is 0 Å². The van der Waals surface area contributed by atoms with Crippen molar-refractivity contribution in [1.82, 2.24) is 9.78 Å². The number of hydrogen-bond acceptors (Lipinski definition) is 4. The van der Waals surface area contributed by atoms with E-state index in [4.69, 9.17) is 5.11 Å². The average molecular weight is 286 g/mol. The summed E-state index contributed by atoms with van der Waals surface area (Å²) in [7, 11) is 0. The summed E-state index contributed by atoms with van der Waals surface area (Å²) in [5.74, 6) is -1.38. The second kappa shape index (κ2) is 5.28. The third-order valence-electron chi connectivity index (χ3n) is 3.35. The van der Waals surface area contributed by atoms with Gasteiger partial charge in [-0.05, 0) is 11.6 Å². The van der Waals surface area contributed by atoms with Gasteiger partial charge in [0.25, 0.3) is 0 Å². The Morgan fingerprint density at radius 3 is 3.05 bits per heavy atom. The van der Waals surface area contributed by atoms with Crippen molar-refractivity contribution in [3.8, 4) is 0 Å². The number of carboxylic acids is 1. The van der Waals surface area contributed by atoms with E-state index in [2.05, 4.69) is 15.7 Å². The van der Waals surface area contributed by atoms with E-state index in [0.29, 0.717) is 12.2 Å². The molecule has 0 saturated carbocycles. The molecule has 0 aliphatic carbocycles. The molecule has 7 nitrogen and oxygen atoms in total. The van der Waals surface area contributed by atoms with Crippen molar-refractivity contribution in [2.24, 2.45) is 0 Å². The zero-order chi connectivity index (χ0) is 14.8. The van der Waals surface area contributed by atoms with Crippen molar-refractivity contribution in [3.63, 3.8) is 0 Å². The zero-order valence-electron chi connectivity index (χ0n) is 11.1. The summed E-state index contributed by atoms with van der Waals surface area (Å²) in [5, 5.41) is 18.5. The van der Waals surface area contributed by atoms with Gasteiger partial charge in [-0.1, -0.05) is 18.2 Å². The number of hydrogen-bond donors (Lipinski definition) is 3. The summed E-state index contributed by atoms with van der Waals surface area (Å²) in [5.41, 5.74) is 2.43. The molecule has 1 aliphatic heterocycles. The molecule has 0 saturated heterocycles. The van der Waals surface area contributed by atoms with Crippen molar-refractivity contribution in [3.05, 3.63) is 42.2 Å². The van der Waals surface area contributed by atoms with Gasteiger partial charge in [0.1, 0.15) is 6.54 Å². The van der Waals surface area contributed by atoms with Gasteiger partial charge in [0.2, 0.25) is 5.91 Å². The number of nitrogens with zero attached hydrogens (tertiary/aromatic N) is 2. The first-order valence-electron chi connectivity index (χ1n) is 6.51. The van der Waals surface area contributed by atoms with Crippen LogP contribution in [0, 0.1) is 0 Å². The van der Waals surface area contributed by atoms with E-state index in [1.54, 1.807) is 0 Å². The maximum atomic E-state index is 12.3. The van der Waals surface area contributed by atoms with Crippen LogP contribution in [0.15, 0.2) is 36.7 Å². The normalized spacial score (nSPS) is 16.1. The number of fused-ring (bicyclic) bond motifs is 1. The van der Waals surface area contributed by atoms with Gasteiger partial charge in [-0.15, -0.1) is 0 Å². The molecule has 1 amide bonds. The number of carbonyl (C=O) groups excluding carboxylic acids is 1. The standard InChI is InChI=1S/C14H14N4O3/c19-13(20)8-18-7-9(5-16-18)17-14(21)11-6-15-12-4-2-1-3-10(11)12/h1-5,7,11,15H,6,8H2,(H,17,21)(H,19,20). The van der Waals surface area contributed by atoms with Crippen LogP contribution < -0.4 is 10.6 Å². The van der Waals surface area contributed by atoms with Crippen molar-refractivity contribution >= 4 is 23.3 Å². The summed E-state index contributed by atoms with van der Waals surface area (Å²) in [4.78, 5) is 22.9. The molecular formula is C14H14N4O3. The van der Waals surface area contributed by atoms with Gasteiger partial charge >= 0.3 is 5.97 Å². The minimum absolute atomic E-state index is 0.137. The third kappa shape index (κ3) is 2.71. The second-order valence-electron chi connectivity index (χ2n) is 4.83. The molecule has 1 atom stereocenters. The zero-order valence-corrected chi connectivity index (χ0v) is 11.1. The van der Waals surface area contributed by atoms with E-state index in [9.17, 15) is 9.59 Å². The highest BCUT2D eigenvalue weighted by molar-refractivity contribution is 5.98. The van der Waals surface area contributed by atoms with E-state index in [1.165, 1.54) is 17.1 Å². The van der Waals surface area contributed by atoms with E-state index in [0.717, 1.165) is 11.3 Å². The van der Waals surface area contributed by atoms with Gasteiger partial charge in [0.05, 0.1) is 17.8 Å². The van der Waals surface area contributed by atoms with E-state index in [-0.39, 0.29) is 18.4 Å². The molecule has 3 N–H and O–H groups in total. The number of rotatable bonds is 4. The van der Waals surface area contributed by atoms with Crippen molar-refractivity contribution in [1.29, 1.82) is 0 Å². The molecule has 0 radical (unpaired) electrons. The Kier molecular flexibility index (Phi) is 3.31. The molecule has 1 aromatic heterocycles. The predicted octanol–water partition coefficient (Wildman–Crippen LogP) is 1.12. The second-order valence-corrected chi connectivity index (χ2v) is 4.83. The van der Waals surface area contributed by atoms with Crippen LogP contribution in [-0.4, -0.2) is 33.3 Å². The first kappa shape index (κ1) is 13.2. The largest absolute Gasteiger partial charge is 0.480 e. The van der Waals surface area contributed by atoms with Crippen LogP contribution >= 0.6 is 0 Å². The summed E-state index contributed by atoms with van der Waals surface area (Å²) < 4.78 is 1.26. The molecule has 0 spiro atoms. The lowest BCUT2D eigenvalue weighted by molar-refractivity contribution is -0.137. The number of aromatic nitrogens is 2. The van der Waals surface area contributed by atoms with Crippen molar-refractivity contribution in [2.75, 3.05) is 17.2 Å². The van der Waals surface area contributed by atoms with Gasteiger partial charge in [0.15, 0.2) is 0 Å². The monoisotopic (exact) mass is 286 g/mol. The highest BCUT2D eigenvalue weighted by atomic mass is 16.4. The van der Waals surface area contributed by atoms with Gasteiger partial charge in [-0.25, -0.2) is 0 Å². The Hall–Kier alpha value is -2.83. The molecular weight excluding hydrogens is 272 g/mol. The molecule has 108 valence electrons. The number of carbonyl (C=O) groups is 2. The maximum absolute atomic E-state index is 12.3. The average Bonchev–Trinajstić information content (AvgIpc) is 3.04. The fourth-order valence-corrected chi connectivity index (χ4v) is 2.40. The van der Waals surface area contributed by atoms with E-state index in [1.807, 2.05) is 24.3 Å². The summed E-state index contributed by atoms with van der Waals surface area (Å²) in [6, 6.07) is 7.68.